The standard InChI is InChI=1S/C9H9FN2O3S/c10-9-6-8(12-16(11,14)15)4-3-7(9)2-1-5-13/h3-4,6,12-13H,5H2,(H2,11,14,15). The van der Waals surface area contributed by atoms with Crippen molar-refractivity contribution in [3.8, 4) is 11.8 Å². The lowest BCUT2D eigenvalue weighted by molar-refractivity contribution is 0.350. The number of benzene rings is 1. The third-order valence-electron chi connectivity index (χ3n) is 1.53. The summed E-state index contributed by atoms with van der Waals surface area (Å²) in [6.45, 7) is -0.378. The Kier molecular flexibility index (Phi) is 3.84. The lowest BCUT2D eigenvalue weighted by Gasteiger charge is -2.03. The van der Waals surface area contributed by atoms with Gasteiger partial charge in [-0.25, -0.2) is 9.53 Å². The number of nitrogens with two attached hydrogens (primary N) is 1. The van der Waals surface area contributed by atoms with Crippen LogP contribution in [0.4, 0.5) is 10.1 Å². The van der Waals surface area contributed by atoms with E-state index < -0.39 is 16.0 Å². The molecule has 7 heteroatoms. The second-order valence-electron chi connectivity index (χ2n) is 2.80. The van der Waals surface area contributed by atoms with Gasteiger partial charge in [0.2, 0.25) is 0 Å². The molecule has 0 heterocycles. The van der Waals surface area contributed by atoms with E-state index in [1.54, 1.807) is 0 Å². The second kappa shape index (κ2) is 4.94. The van der Waals surface area contributed by atoms with Gasteiger partial charge in [0.25, 0.3) is 10.2 Å². The summed E-state index contributed by atoms with van der Waals surface area (Å²) >= 11 is 0. The summed E-state index contributed by atoms with van der Waals surface area (Å²) in [6, 6.07) is 3.55. The normalized spacial score (nSPS) is 10.4. The van der Waals surface area contributed by atoms with Gasteiger partial charge in [-0.05, 0) is 18.2 Å². The van der Waals surface area contributed by atoms with E-state index in [-0.39, 0.29) is 17.9 Å². The molecule has 0 spiro atoms. The number of aliphatic hydroxyl groups excluding tert-OH is 1. The van der Waals surface area contributed by atoms with Crippen molar-refractivity contribution in [3.05, 3.63) is 29.6 Å². The number of anilines is 1. The first-order valence-corrected chi connectivity index (χ1v) is 5.67. The highest BCUT2D eigenvalue weighted by atomic mass is 32.2. The SMILES string of the molecule is NS(=O)(=O)Nc1ccc(C#CCO)c(F)c1. The van der Waals surface area contributed by atoms with Crippen molar-refractivity contribution in [2.24, 2.45) is 5.14 Å². The molecule has 0 amide bonds. The molecule has 1 rings (SSSR count). The van der Waals surface area contributed by atoms with Crippen molar-refractivity contribution >= 4 is 15.9 Å². The number of halogens is 1. The molecular formula is C9H9FN2O3S. The van der Waals surface area contributed by atoms with E-state index in [1.807, 2.05) is 4.72 Å². The van der Waals surface area contributed by atoms with E-state index >= 15 is 0 Å². The van der Waals surface area contributed by atoms with Crippen LogP contribution in [0.15, 0.2) is 18.2 Å². The van der Waals surface area contributed by atoms with Crippen molar-refractivity contribution in [3.63, 3.8) is 0 Å². The van der Waals surface area contributed by atoms with Gasteiger partial charge in [-0.3, -0.25) is 4.72 Å². The minimum Gasteiger partial charge on any atom is -0.384 e. The van der Waals surface area contributed by atoms with E-state index in [4.69, 9.17) is 10.2 Å². The fourth-order valence-corrected chi connectivity index (χ4v) is 1.43. The maximum Gasteiger partial charge on any atom is 0.296 e. The Balaban J connectivity index is 3.00. The molecule has 0 radical (unpaired) electrons. The molecule has 4 N–H and O–H groups in total. The fourth-order valence-electron chi connectivity index (χ4n) is 0.979. The van der Waals surface area contributed by atoms with Crippen LogP contribution in [0.5, 0.6) is 0 Å². The highest BCUT2D eigenvalue weighted by molar-refractivity contribution is 7.90. The summed E-state index contributed by atoms with van der Waals surface area (Å²) in [4.78, 5) is 0. The Morgan fingerprint density at radius 1 is 1.50 bits per heavy atom. The number of nitrogens with one attached hydrogen (secondary N) is 1. The van der Waals surface area contributed by atoms with Gasteiger partial charge in [0.15, 0.2) is 0 Å². The molecule has 1 aromatic rings. The Labute approximate surface area is 92.3 Å². The van der Waals surface area contributed by atoms with E-state index in [2.05, 4.69) is 11.8 Å². The second-order valence-corrected chi connectivity index (χ2v) is 4.10. The molecule has 1 aromatic carbocycles. The molecule has 86 valence electrons. The lowest BCUT2D eigenvalue weighted by atomic mass is 10.2. The van der Waals surface area contributed by atoms with Gasteiger partial charge >= 0.3 is 0 Å². The number of aliphatic hydroxyl groups is 1. The molecule has 0 fully saturated rings. The Hall–Kier alpha value is -1.62. The molecule has 0 saturated heterocycles. The van der Waals surface area contributed by atoms with Gasteiger partial charge in [0.1, 0.15) is 12.4 Å². The summed E-state index contributed by atoms with van der Waals surface area (Å²) < 4.78 is 36.5. The van der Waals surface area contributed by atoms with Gasteiger partial charge in [-0.2, -0.15) is 8.42 Å². The lowest BCUT2D eigenvalue weighted by Crippen LogP contribution is -2.21. The van der Waals surface area contributed by atoms with Crippen LogP contribution in [0.25, 0.3) is 0 Å². The summed E-state index contributed by atoms with van der Waals surface area (Å²) in [5, 5.41) is 13.1. The summed E-state index contributed by atoms with van der Waals surface area (Å²) in [7, 11) is -3.92. The van der Waals surface area contributed by atoms with Gasteiger partial charge in [-0.1, -0.05) is 11.8 Å². The highest BCUT2D eigenvalue weighted by Crippen LogP contribution is 2.14. The zero-order chi connectivity index (χ0) is 12.2. The Morgan fingerprint density at radius 2 is 2.19 bits per heavy atom. The van der Waals surface area contributed by atoms with Crippen LogP contribution >= 0.6 is 0 Å². The number of rotatable bonds is 2. The van der Waals surface area contributed by atoms with Crippen LogP contribution < -0.4 is 9.86 Å². The number of hydrogen-bond donors (Lipinski definition) is 3. The van der Waals surface area contributed by atoms with Crippen molar-refractivity contribution in [1.29, 1.82) is 0 Å². The van der Waals surface area contributed by atoms with Gasteiger partial charge in [-0.15, -0.1) is 0 Å². The zero-order valence-corrected chi connectivity index (χ0v) is 8.88. The minimum absolute atomic E-state index is 0.00884. The Morgan fingerprint density at radius 3 is 2.69 bits per heavy atom. The van der Waals surface area contributed by atoms with Crippen molar-refractivity contribution in [1.82, 2.24) is 0 Å². The average molecular weight is 244 g/mol. The van der Waals surface area contributed by atoms with Crippen LogP contribution in [0, 0.1) is 17.7 Å². The van der Waals surface area contributed by atoms with Crippen LogP contribution in [0.1, 0.15) is 5.56 Å². The summed E-state index contributed by atoms with van der Waals surface area (Å²) in [5.74, 6) is 3.95. The van der Waals surface area contributed by atoms with E-state index in [0.29, 0.717) is 0 Å². The average Bonchev–Trinajstić information content (AvgIpc) is 2.14. The third-order valence-corrected chi connectivity index (χ3v) is 2.05. The topological polar surface area (TPSA) is 92.4 Å². The van der Waals surface area contributed by atoms with Gasteiger partial charge < -0.3 is 5.11 Å². The monoisotopic (exact) mass is 244 g/mol. The van der Waals surface area contributed by atoms with Gasteiger partial charge in [0.05, 0.1) is 11.3 Å². The molecule has 0 aliphatic rings. The molecule has 5 nitrogen and oxygen atoms in total. The first kappa shape index (κ1) is 12.4. The molecular weight excluding hydrogens is 235 g/mol. The number of hydrogen-bond acceptors (Lipinski definition) is 3. The fraction of sp³-hybridized carbons (Fsp3) is 0.111. The van der Waals surface area contributed by atoms with Crippen molar-refractivity contribution in [2.45, 2.75) is 0 Å². The third kappa shape index (κ3) is 3.86. The molecule has 0 atom stereocenters. The van der Waals surface area contributed by atoms with E-state index in [0.717, 1.165) is 6.07 Å². The quantitative estimate of drug-likeness (QED) is 0.628. The smallest absolute Gasteiger partial charge is 0.296 e. The summed E-state index contributed by atoms with van der Waals surface area (Å²) in [5.41, 5.74) is 0.0727. The predicted octanol–water partition coefficient (Wildman–Crippen LogP) is -0.215. The van der Waals surface area contributed by atoms with Crippen molar-refractivity contribution < 1.29 is 17.9 Å². The summed E-state index contributed by atoms with van der Waals surface area (Å²) in [6.07, 6.45) is 0. The first-order valence-electron chi connectivity index (χ1n) is 4.12. The molecule has 0 aliphatic carbocycles. The maximum absolute atomic E-state index is 13.3. The first-order chi connectivity index (χ1) is 7.42. The van der Waals surface area contributed by atoms with E-state index in [1.165, 1.54) is 12.1 Å². The highest BCUT2D eigenvalue weighted by Gasteiger charge is 2.05. The van der Waals surface area contributed by atoms with Crippen LogP contribution in [-0.2, 0) is 10.2 Å². The molecule has 0 bridgehead atoms. The molecule has 0 unspecified atom stereocenters. The van der Waals surface area contributed by atoms with Crippen molar-refractivity contribution in [2.75, 3.05) is 11.3 Å². The van der Waals surface area contributed by atoms with Crippen LogP contribution in [0.2, 0.25) is 0 Å². The van der Waals surface area contributed by atoms with Gasteiger partial charge in [0, 0.05) is 0 Å². The van der Waals surface area contributed by atoms with E-state index in [9.17, 15) is 12.8 Å². The largest absolute Gasteiger partial charge is 0.384 e. The molecule has 16 heavy (non-hydrogen) atoms. The zero-order valence-electron chi connectivity index (χ0n) is 8.07. The molecule has 0 aromatic heterocycles. The minimum atomic E-state index is -3.92. The Bertz CT molecular complexity index is 546. The van der Waals surface area contributed by atoms with Crippen LogP contribution in [0.3, 0.4) is 0 Å². The molecule has 0 saturated carbocycles. The molecule has 0 aliphatic heterocycles. The predicted molar refractivity (Wildman–Crippen MR) is 57.1 cm³/mol. The van der Waals surface area contributed by atoms with Crippen LogP contribution in [-0.4, -0.2) is 20.1 Å². The maximum atomic E-state index is 13.3.